The van der Waals surface area contributed by atoms with Gasteiger partial charge in [-0.25, -0.2) is 0 Å². The van der Waals surface area contributed by atoms with Crippen LogP contribution in [0.3, 0.4) is 0 Å². The Morgan fingerprint density at radius 3 is 1.69 bits per heavy atom. The van der Waals surface area contributed by atoms with E-state index in [1.165, 1.54) is 89.0 Å². The van der Waals surface area contributed by atoms with Gasteiger partial charge in [0.05, 0.1) is 11.1 Å². The van der Waals surface area contributed by atoms with Gasteiger partial charge in [-0.1, -0.05) is 220 Å². The van der Waals surface area contributed by atoms with Crippen molar-refractivity contribution in [1.29, 1.82) is 0 Å². The normalized spacial score (nSPS) is 18.7. The van der Waals surface area contributed by atoms with E-state index in [1.807, 2.05) is 0 Å². The second kappa shape index (κ2) is 14.4. The third-order valence-corrected chi connectivity index (χ3v) is 15.2. The first-order valence-electron chi connectivity index (χ1n) is 23.1. The Labute approximate surface area is 382 Å². The topological polar surface area (TPSA) is 3.24 Å². The average Bonchev–Trinajstić information content (AvgIpc) is 3.93. The maximum Gasteiger partial charge on any atom is 0.0544 e. The third kappa shape index (κ3) is 5.45. The van der Waals surface area contributed by atoms with Crippen LogP contribution in [0.25, 0.3) is 55.6 Å². The Hall–Kier alpha value is -7.74. The monoisotopic (exact) mass is 829 g/mol. The van der Waals surface area contributed by atoms with Gasteiger partial charge < -0.3 is 4.90 Å². The summed E-state index contributed by atoms with van der Waals surface area (Å²) < 4.78 is 0. The molecule has 3 unspecified atom stereocenters. The Morgan fingerprint density at radius 2 is 0.908 bits per heavy atom. The summed E-state index contributed by atoms with van der Waals surface area (Å²) in [6.07, 6.45) is 9.42. The van der Waals surface area contributed by atoms with Gasteiger partial charge in [0.2, 0.25) is 0 Å². The van der Waals surface area contributed by atoms with Crippen molar-refractivity contribution in [2.75, 3.05) is 4.90 Å². The molecule has 0 N–H and O–H groups in total. The minimum Gasteiger partial charge on any atom is -0.310 e. The average molecular weight is 830 g/mol. The summed E-state index contributed by atoms with van der Waals surface area (Å²) in [5.41, 5.74) is 24.1. The van der Waals surface area contributed by atoms with Crippen molar-refractivity contribution >= 4 is 17.1 Å². The first kappa shape index (κ1) is 37.8. The molecule has 65 heavy (non-hydrogen) atoms. The largest absolute Gasteiger partial charge is 0.310 e. The molecular weight excluding hydrogens is 783 g/mol. The molecule has 1 spiro atoms. The fraction of sp³-hybridized carbons (Fsp3) is 0.0938. The number of benzene rings is 9. The maximum absolute atomic E-state index is 2.48. The number of rotatable bonds is 6. The van der Waals surface area contributed by atoms with Crippen LogP contribution in [0.4, 0.5) is 17.1 Å². The SMILES string of the molecule is CC1(C)c2ccccc2-c2ccc(N(c3ccc(-c4ccccc4)cc3)c3ccccc3-c3ccc(-c4cccc5c4C4(c6ccccc6-5)c5ccccc5C5C=CC=CC54)cc3)cc21. The molecule has 0 aliphatic heterocycles. The molecule has 1 heteroatoms. The van der Waals surface area contributed by atoms with E-state index in [-0.39, 0.29) is 16.7 Å². The molecular formula is C64H47N. The van der Waals surface area contributed by atoms with Gasteiger partial charge in [0.15, 0.2) is 0 Å². The summed E-state index contributed by atoms with van der Waals surface area (Å²) in [7, 11) is 0. The highest BCUT2D eigenvalue weighted by atomic mass is 15.1. The minimum absolute atomic E-state index is 0.122. The van der Waals surface area contributed by atoms with Crippen LogP contribution in [0.2, 0.25) is 0 Å². The molecule has 0 aromatic heterocycles. The predicted octanol–water partition coefficient (Wildman–Crippen LogP) is 16.6. The molecule has 4 aliphatic carbocycles. The van der Waals surface area contributed by atoms with Gasteiger partial charge in [0.25, 0.3) is 0 Å². The number of allylic oxidation sites excluding steroid dienone is 4. The molecule has 0 radical (unpaired) electrons. The second-order valence-electron chi connectivity index (χ2n) is 18.7. The van der Waals surface area contributed by atoms with Gasteiger partial charge in [-0.3, -0.25) is 0 Å². The number of nitrogens with zero attached hydrogens (tertiary/aromatic N) is 1. The van der Waals surface area contributed by atoms with Crippen LogP contribution < -0.4 is 4.90 Å². The lowest BCUT2D eigenvalue weighted by Gasteiger charge is -2.37. The third-order valence-electron chi connectivity index (χ3n) is 15.2. The summed E-state index contributed by atoms with van der Waals surface area (Å²) in [6, 6.07) is 79.5. The van der Waals surface area contributed by atoms with Crippen molar-refractivity contribution in [2.45, 2.75) is 30.6 Å². The van der Waals surface area contributed by atoms with Crippen molar-refractivity contribution in [3.05, 3.63) is 270 Å². The van der Waals surface area contributed by atoms with E-state index >= 15 is 0 Å². The fourth-order valence-electron chi connectivity index (χ4n) is 12.3. The van der Waals surface area contributed by atoms with E-state index in [9.17, 15) is 0 Å². The molecule has 9 aromatic carbocycles. The zero-order valence-corrected chi connectivity index (χ0v) is 36.6. The summed E-state index contributed by atoms with van der Waals surface area (Å²) in [5, 5.41) is 0. The smallest absolute Gasteiger partial charge is 0.0544 e. The van der Waals surface area contributed by atoms with E-state index in [2.05, 4.69) is 255 Å². The van der Waals surface area contributed by atoms with Gasteiger partial charge in [0.1, 0.15) is 0 Å². The maximum atomic E-state index is 2.48. The Balaban J connectivity index is 0.948. The highest BCUT2D eigenvalue weighted by Gasteiger charge is 2.57. The predicted molar refractivity (Wildman–Crippen MR) is 271 cm³/mol. The molecule has 0 heterocycles. The second-order valence-corrected chi connectivity index (χ2v) is 18.7. The highest BCUT2D eigenvalue weighted by molar-refractivity contribution is 5.94. The minimum atomic E-state index is -0.293. The lowest BCUT2D eigenvalue weighted by Crippen LogP contribution is -2.33. The molecule has 3 atom stereocenters. The summed E-state index contributed by atoms with van der Waals surface area (Å²) in [6.45, 7) is 4.73. The van der Waals surface area contributed by atoms with E-state index in [0.717, 1.165) is 17.1 Å². The molecule has 9 aromatic rings. The lowest BCUT2D eigenvalue weighted by molar-refractivity contribution is 0.466. The molecule has 1 nitrogen and oxygen atoms in total. The zero-order chi connectivity index (χ0) is 43.3. The van der Waals surface area contributed by atoms with Crippen LogP contribution in [-0.4, -0.2) is 0 Å². The first-order valence-corrected chi connectivity index (χ1v) is 23.1. The summed E-state index contributed by atoms with van der Waals surface area (Å²) >= 11 is 0. The van der Waals surface area contributed by atoms with Gasteiger partial charge >= 0.3 is 0 Å². The number of anilines is 3. The molecule has 0 amide bonds. The van der Waals surface area contributed by atoms with E-state index in [1.54, 1.807) is 0 Å². The molecule has 0 saturated heterocycles. The van der Waals surface area contributed by atoms with Crippen molar-refractivity contribution < 1.29 is 0 Å². The van der Waals surface area contributed by atoms with Gasteiger partial charge in [-0.2, -0.15) is 0 Å². The Bertz CT molecular complexity index is 3400. The molecule has 0 bridgehead atoms. The van der Waals surface area contributed by atoms with E-state index in [0.29, 0.717) is 5.92 Å². The van der Waals surface area contributed by atoms with Crippen LogP contribution >= 0.6 is 0 Å². The molecule has 308 valence electrons. The Kier molecular flexibility index (Phi) is 8.37. The number of para-hydroxylation sites is 1. The standard InChI is InChI=1S/C64H47N/c1-63(2)56-26-11-6-20-50(56)54-40-39-47(41-60(54)63)65(46-37-35-43(36-38-46)42-17-4-3-5-18-42)61-30-15-10-19-48(61)44-31-33-45(34-32-44)49-24-16-25-55-53-23-9-14-29-59(53)64(62(49)55)57-27-12-7-21-51(57)52-22-8-13-28-58(52)64/h3-41,51,57H,1-2H3. The number of hydrogen-bond donors (Lipinski definition) is 0. The van der Waals surface area contributed by atoms with Crippen molar-refractivity contribution in [1.82, 2.24) is 0 Å². The van der Waals surface area contributed by atoms with Crippen LogP contribution in [0.15, 0.2) is 237 Å². The molecule has 4 aliphatic rings. The van der Waals surface area contributed by atoms with Gasteiger partial charge in [-0.15, -0.1) is 0 Å². The summed E-state index contributed by atoms with van der Waals surface area (Å²) in [5.74, 6) is 0.609. The highest BCUT2D eigenvalue weighted by Crippen LogP contribution is 2.66. The fourth-order valence-corrected chi connectivity index (χ4v) is 12.3. The van der Waals surface area contributed by atoms with Crippen molar-refractivity contribution in [3.63, 3.8) is 0 Å². The van der Waals surface area contributed by atoms with Gasteiger partial charge in [0, 0.05) is 34.2 Å². The molecule has 0 fully saturated rings. The van der Waals surface area contributed by atoms with Crippen LogP contribution in [0.5, 0.6) is 0 Å². The lowest BCUT2D eigenvalue weighted by atomic mass is 9.64. The first-order chi connectivity index (χ1) is 32.0. The van der Waals surface area contributed by atoms with E-state index in [4.69, 9.17) is 0 Å². The van der Waals surface area contributed by atoms with Gasteiger partial charge in [-0.05, 0) is 114 Å². The van der Waals surface area contributed by atoms with Crippen molar-refractivity contribution in [2.24, 2.45) is 5.92 Å². The van der Waals surface area contributed by atoms with Crippen molar-refractivity contribution in [3.8, 4) is 55.6 Å². The Morgan fingerprint density at radius 1 is 0.369 bits per heavy atom. The number of fused-ring (bicyclic) bond motifs is 13. The van der Waals surface area contributed by atoms with Crippen LogP contribution in [0, 0.1) is 5.92 Å². The van der Waals surface area contributed by atoms with Crippen LogP contribution in [-0.2, 0) is 10.8 Å². The molecule has 13 rings (SSSR count). The van der Waals surface area contributed by atoms with E-state index < -0.39 is 0 Å². The zero-order valence-electron chi connectivity index (χ0n) is 36.6. The summed E-state index contributed by atoms with van der Waals surface area (Å²) in [4.78, 5) is 2.46. The molecule has 0 saturated carbocycles. The number of hydrogen-bond acceptors (Lipinski definition) is 1. The van der Waals surface area contributed by atoms with Crippen LogP contribution in [0.1, 0.15) is 53.1 Å². The quantitative estimate of drug-likeness (QED) is 0.161.